The summed E-state index contributed by atoms with van der Waals surface area (Å²) in [5, 5.41) is 1.99. The molecule has 7 heteroatoms. The molecule has 0 bridgehead atoms. The lowest BCUT2D eigenvalue weighted by Gasteiger charge is -2.28. The van der Waals surface area contributed by atoms with Gasteiger partial charge in [-0.3, -0.25) is 9.69 Å². The summed E-state index contributed by atoms with van der Waals surface area (Å²) in [6.45, 7) is 4.71. The molecule has 0 aliphatic carbocycles. The van der Waals surface area contributed by atoms with Crippen LogP contribution in [0.1, 0.15) is 23.7 Å². The number of H-pyrrole nitrogens is 1. The van der Waals surface area contributed by atoms with Crippen LogP contribution in [0.25, 0.3) is 10.7 Å². The minimum absolute atomic E-state index is 0.0237. The van der Waals surface area contributed by atoms with E-state index in [9.17, 15) is 4.79 Å². The van der Waals surface area contributed by atoms with Crippen LogP contribution in [0.4, 0.5) is 0 Å². The summed E-state index contributed by atoms with van der Waals surface area (Å²) in [4.78, 5) is 23.5. The number of aromatic nitrogens is 2. The first-order valence-electron chi connectivity index (χ1n) is 9.36. The summed E-state index contributed by atoms with van der Waals surface area (Å²) in [6, 6.07) is 9.89. The van der Waals surface area contributed by atoms with Crippen LogP contribution in [0.5, 0.6) is 11.5 Å². The van der Waals surface area contributed by atoms with E-state index in [0.717, 1.165) is 46.3 Å². The van der Waals surface area contributed by atoms with Crippen LogP contribution in [-0.4, -0.2) is 35.1 Å². The van der Waals surface area contributed by atoms with Gasteiger partial charge in [-0.05, 0) is 30.9 Å². The molecule has 6 nitrogen and oxygen atoms in total. The van der Waals surface area contributed by atoms with E-state index in [1.807, 2.05) is 36.6 Å². The van der Waals surface area contributed by atoms with E-state index >= 15 is 0 Å². The number of aromatic amines is 1. The summed E-state index contributed by atoms with van der Waals surface area (Å²) >= 11 is 1.57. The Morgan fingerprint density at radius 2 is 2.18 bits per heavy atom. The molecule has 0 saturated carbocycles. The average Bonchev–Trinajstić information content (AvgIpc) is 3.24. The van der Waals surface area contributed by atoms with Crippen molar-refractivity contribution in [2.75, 3.05) is 20.3 Å². The van der Waals surface area contributed by atoms with Crippen LogP contribution in [-0.2, 0) is 19.5 Å². The molecule has 0 spiro atoms. The number of nitrogens with zero attached hydrogens (tertiary/aromatic N) is 2. The van der Waals surface area contributed by atoms with Crippen molar-refractivity contribution >= 4 is 11.3 Å². The van der Waals surface area contributed by atoms with Crippen molar-refractivity contribution in [2.24, 2.45) is 0 Å². The Kier molecular flexibility index (Phi) is 5.45. The van der Waals surface area contributed by atoms with Crippen molar-refractivity contribution in [1.82, 2.24) is 14.9 Å². The van der Waals surface area contributed by atoms with Crippen LogP contribution < -0.4 is 15.0 Å². The van der Waals surface area contributed by atoms with Gasteiger partial charge in [0.2, 0.25) is 0 Å². The Hall–Kier alpha value is -2.64. The highest BCUT2D eigenvalue weighted by Crippen LogP contribution is 2.33. The minimum Gasteiger partial charge on any atom is -0.493 e. The highest BCUT2D eigenvalue weighted by Gasteiger charge is 2.23. The molecule has 0 atom stereocenters. The fraction of sp³-hybridized carbons (Fsp3) is 0.333. The molecule has 0 saturated heterocycles. The van der Waals surface area contributed by atoms with Gasteiger partial charge in [0.1, 0.15) is 0 Å². The molecule has 1 aromatic carbocycles. The first kappa shape index (κ1) is 18.7. The summed E-state index contributed by atoms with van der Waals surface area (Å²) < 4.78 is 11.3. The number of hydrogen-bond acceptors (Lipinski definition) is 6. The molecule has 2 aromatic heterocycles. The van der Waals surface area contributed by atoms with Crippen molar-refractivity contribution in [3.05, 3.63) is 62.9 Å². The second-order valence-electron chi connectivity index (χ2n) is 6.66. The van der Waals surface area contributed by atoms with Crippen molar-refractivity contribution in [1.29, 1.82) is 0 Å². The van der Waals surface area contributed by atoms with Crippen molar-refractivity contribution in [3.8, 4) is 22.2 Å². The third-order valence-electron chi connectivity index (χ3n) is 4.87. The van der Waals surface area contributed by atoms with Gasteiger partial charge in [0.25, 0.3) is 5.56 Å². The molecule has 1 N–H and O–H groups in total. The third kappa shape index (κ3) is 3.68. The van der Waals surface area contributed by atoms with Crippen molar-refractivity contribution < 1.29 is 9.47 Å². The standard InChI is InChI=1S/C21H23N3O3S/c1-3-27-19-14(6-4-7-17(19)26-2)12-24-10-9-15-16(13-24)22-20(23-21(15)25)18-8-5-11-28-18/h4-8,11H,3,9-10,12-13H2,1-2H3,(H,22,23,25). The van der Waals surface area contributed by atoms with Gasteiger partial charge in [-0.2, -0.15) is 0 Å². The highest BCUT2D eigenvalue weighted by molar-refractivity contribution is 7.13. The molecule has 3 aromatic rings. The van der Waals surface area contributed by atoms with E-state index in [0.29, 0.717) is 25.4 Å². The topological polar surface area (TPSA) is 67.5 Å². The number of thiophene rings is 1. The molecule has 3 heterocycles. The van der Waals surface area contributed by atoms with Gasteiger partial charge in [-0.25, -0.2) is 4.98 Å². The fourth-order valence-corrected chi connectivity index (χ4v) is 4.22. The number of hydrogen-bond donors (Lipinski definition) is 1. The van der Waals surface area contributed by atoms with Crippen LogP contribution in [0.3, 0.4) is 0 Å². The second-order valence-corrected chi connectivity index (χ2v) is 7.61. The summed E-state index contributed by atoms with van der Waals surface area (Å²) in [5.74, 6) is 2.18. The minimum atomic E-state index is -0.0237. The Balaban J connectivity index is 1.60. The lowest BCUT2D eigenvalue weighted by molar-refractivity contribution is 0.232. The monoisotopic (exact) mass is 397 g/mol. The highest BCUT2D eigenvalue weighted by atomic mass is 32.1. The number of benzene rings is 1. The van der Waals surface area contributed by atoms with E-state index in [1.165, 1.54) is 0 Å². The maximum atomic E-state index is 12.5. The van der Waals surface area contributed by atoms with E-state index in [-0.39, 0.29) is 5.56 Å². The van der Waals surface area contributed by atoms with Gasteiger partial charge in [0.15, 0.2) is 17.3 Å². The zero-order valence-corrected chi connectivity index (χ0v) is 16.8. The van der Waals surface area contributed by atoms with Gasteiger partial charge >= 0.3 is 0 Å². The van der Waals surface area contributed by atoms with E-state index < -0.39 is 0 Å². The smallest absolute Gasteiger partial charge is 0.254 e. The predicted octanol–water partition coefficient (Wildman–Crippen LogP) is 3.46. The second kappa shape index (κ2) is 8.16. The molecule has 146 valence electrons. The SMILES string of the molecule is CCOc1c(CN2CCc3c(nc(-c4cccs4)[nH]c3=O)C2)cccc1OC. The van der Waals surface area contributed by atoms with Crippen LogP contribution in [0.15, 0.2) is 40.5 Å². The maximum Gasteiger partial charge on any atom is 0.254 e. The zero-order valence-electron chi connectivity index (χ0n) is 16.0. The van der Waals surface area contributed by atoms with Crippen LogP contribution in [0, 0.1) is 0 Å². The summed E-state index contributed by atoms with van der Waals surface area (Å²) in [7, 11) is 1.65. The number of rotatable bonds is 6. The number of fused-ring (bicyclic) bond motifs is 1. The molecular formula is C21H23N3O3S. The van der Waals surface area contributed by atoms with Crippen molar-refractivity contribution in [2.45, 2.75) is 26.4 Å². The Bertz CT molecular complexity index is 1010. The lowest BCUT2D eigenvalue weighted by atomic mass is 10.0. The third-order valence-corrected chi connectivity index (χ3v) is 5.75. The summed E-state index contributed by atoms with van der Waals surface area (Å²) in [5.41, 5.74) is 2.71. The number of methoxy groups -OCH3 is 1. The molecule has 1 aliphatic rings. The van der Waals surface area contributed by atoms with E-state index in [4.69, 9.17) is 14.5 Å². The number of ether oxygens (including phenoxy) is 2. The van der Waals surface area contributed by atoms with Gasteiger partial charge in [-0.1, -0.05) is 18.2 Å². The molecule has 4 rings (SSSR count). The molecule has 0 radical (unpaired) electrons. The fourth-order valence-electron chi connectivity index (χ4n) is 3.55. The molecule has 1 aliphatic heterocycles. The van der Waals surface area contributed by atoms with Crippen LogP contribution in [0.2, 0.25) is 0 Å². The molecule has 28 heavy (non-hydrogen) atoms. The average molecular weight is 398 g/mol. The van der Waals surface area contributed by atoms with E-state index in [2.05, 4.69) is 16.0 Å². The Morgan fingerprint density at radius 1 is 1.29 bits per heavy atom. The normalized spacial score (nSPS) is 13.9. The van der Waals surface area contributed by atoms with Gasteiger partial charge in [0, 0.05) is 30.8 Å². The Labute approximate surface area is 167 Å². The molecule has 0 unspecified atom stereocenters. The van der Waals surface area contributed by atoms with Crippen LogP contribution >= 0.6 is 11.3 Å². The maximum absolute atomic E-state index is 12.5. The number of para-hydroxylation sites is 1. The molecule has 0 amide bonds. The molecule has 0 fully saturated rings. The first-order valence-corrected chi connectivity index (χ1v) is 10.2. The number of nitrogens with one attached hydrogen (secondary N) is 1. The predicted molar refractivity (Wildman–Crippen MR) is 110 cm³/mol. The lowest BCUT2D eigenvalue weighted by Crippen LogP contribution is -2.35. The van der Waals surface area contributed by atoms with Gasteiger partial charge in [0.05, 0.1) is 24.3 Å². The van der Waals surface area contributed by atoms with Crippen molar-refractivity contribution in [3.63, 3.8) is 0 Å². The zero-order chi connectivity index (χ0) is 19.5. The summed E-state index contributed by atoms with van der Waals surface area (Å²) in [6.07, 6.45) is 0.691. The quantitative estimate of drug-likeness (QED) is 0.690. The van der Waals surface area contributed by atoms with Gasteiger partial charge in [-0.15, -0.1) is 11.3 Å². The first-order chi connectivity index (χ1) is 13.7. The molecular weight excluding hydrogens is 374 g/mol. The Morgan fingerprint density at radius 3 is 2.93 bits per heavy atom. The van der Waals surface area contributed by atoms with Gasteiger partial charge < -0.3 is 14.5 Å². The van der Waals surface area contributed by atoms with E-state index in [1.54, 1.807) is 18.4 Å². The largest absolute Gasteiger partial charge is 0.493 e.